The van der Waals surface area contributed by atoms with Crippen LogP contribution in [0.15, 0.2) is 23.3 Å². The monoisotopic (exact) mass is 409 g/mol. The van der Waals surface area contributed by atoms with E-state index in [0.717, 1.165) is 11.3 Å². The predicted octanol–water partition coefficient (Wildman–Crippen LogP) is 2.57. The van der Waals surface area contributed by atoms with Gasteiger partial charge in [-0.05, 0) is 31.5 Å². The van der Waals surface area contributed by atoms with Crippen molar-refractivity contribution in [3.05, 3.63) is 44.4 Å². The number of hydrogen-bond acceptors (Lipinski definition) is 7. The van der Waals surface area contributed by atoms with Gasteiger partial charge in [-0.2, -0.15) is 5.10 Å². The second-order valence-corrected chi connectivity index (χ2v) is 7.19. The molecule has 0 radical (unpaired) electrons. The summed E-state index contributed by atoms with van der Waals surface area (Å²) in [5, 5.41) is 7.02. The minimum absolute atomic E-state index is 0.110. The SMILES string of the molecule is Cc1nc(C(N)=S)sc1C(=O)C/C(=N/N)C(=O)Nc1cccc(Cl)c1C. The van der Waals surface area contributed by atoms with Crippen molar-refractivity contribution in [1.29, 1.82) is 0 Å². The molecule has 136 valence electrons. The molecule has 0 fully saturated rings. The van der Waals surface area contributed by atoms with Crippen LogP contribution >= 0.6 is 35.2 Å². The highest BCUT2D eigenvalue weighted by atomic mass is 35.5. The zero-order valence-corrected chi connectivity index (χ0v) is 16.4. The molecule has 0 unspecified atom stereocenters. The summed E-state index contributed by atoms with van der Waals surface area (Å²) < 4.78 is 0. The Kier molecular flexibility index (Phi) is 6.41. The molecule has 5 N–H and O–H groups in total. The number of aryl methyl sites for hydroxylation is 1. The van der Waals surface area contributed by atoms with E-state index in [9.17, 15) is 9.59 Å². The van der Waals surface area contributed by atoms with Gasteiger partial charge in [-0.15, -0.1) is 11.3 Å². The van der Waals surface area contributed by atoms with Gasteiger partial charge >= 0.3 is 0 Å². The standard InChI is InChI=1S/C16H16ClN5O2S2/c1-7-9(17)4-3-5-10(7)21-15(24)11(22-19)6-12(23)13-8(2)20-16(26-13)14(18)25/h3-5H,6,19H2,1-2H3,(H2,18,25)(H,21,24)/b22-11-. The van der Waals surface area contributed by atoms with Crippen molar-refractivity contribution in [2.75, 3.05) is 5.32 Å². The lowest BCUT2D eigenvalue weighted by atomic mass is 10.1. The van der Waals surface area contributed by atoms with Gasteiger partial charge < -0.3 is 16.9 Å². The topological polar surface area (TPSA) is 123 Å². The number of ketones is 1. The Bertz CT molecular complexity index is 923. The first-order valence-electron chi connectivity index (χ1n) is 7.38. The number of benzene rings is 1. The van der Waals surface area contributed by atoms with Crippen molar-refractivity contribution >= 4 is 63.2 Å². The average molecular weight is 410 g/mol. The van der Waals surface area contributed by atoms with Crippen molar-refractivity contribution in [2.24, 2.45) is 16.7 Å². The second kappa shape index (κ2) is 8.35. The van der Waals surface area contributed by atoms with E-state index in [0.29, 0.717) is 31.9 Å². The Balaban J connectivity index is 2.16. The van der Waals surface area contributed by atoms with E-state index in [1.165, 1.54) is 0 Å². The quantitative estimate of drug-likeness (QED) is 0.221. The molecule has 0 spiro atoms. The fourth-order valence-electron chi connectivity index (χ4n) is 2.11. The summed E-state index contributed by atoms with van der Waals surface area (Å²) in [7, 11) is 0. The molecule has 1 aromatic carbocycles. The number of hydrogen-bond donors (Lipinski definition) is 3. The van der Waals surface area contributed by atoms with E-state index >= 15 is 0 Å². The van der Waals surface area contributed by atoms with E-state index in [-0.39, 0.29) is 22.9 Å². The summed E-state index contributed by atoms with van der Waals surface area (Å²) in [6.45, 7) is 3.43. The van der Waals surface area contributed by atoms with Crippen LogP contribution in [-0.2, 0) is 4.79 Å². The summed E-state index contributed by atoms with van der Waals surface area (Å²) in [5.41, 5.74) is 7.13. The maximum atomic E-state index is 12.5. The van der Waals surface area contributed by atoms with E-state index in [4.69, 9.17) is 35.4 Å². The lowest BCUT2D eigenvalue weighted by Crippen LogP contribution is -2.27. The molecule has 0 saturated heterocycles. The maximum absolute atomic E-state index is 12.5. The minimum atomic E-state index is -0.581. The molecule has 0 aliphatic carbocycles. The first-order valence-corrected chi connectivity index (χ1v) is 8.98. The van der Waals surface area contributed by atoms with Gasteiger partial charge in [-0.1, -0.05) is 29.9 Å². The molecular formula is C16H16ClN5O2S2. The van der Waals surface area contributed by atoms with Gasteiger partial charge in [-0.3, -0.25) is 9.59 Å². The van der Waals surface area contributed by atoms with Crippen LogP contribution in [0.3, 0.4) is 0 Å². The van der Waals surface area contributed by atoms with Gasteiger partial charge in [0.25, 0.3) is 5.91 Å². The number of aromatic nitrogens is 1. The molecule has 26 heavy (non-hydrogen) atoms. The first kappa shape index (κ1) is 20.0. The molecule has 2 aromatic rings. The zero-order valence-electron chi connectivity index (χ0n) is 14.0. The van der Waals surface area contributed by atoms with Crippen molar-refractivity contribution in [3.8, 4) is 0 Å². The number of thiazole rings is 1. The Morgan fingerprint density at radius 1 is 1.38 bits per heavy atom. The predicted molar refractivity (Wildman–Crippen MR) is 108 cm³/mol. The average Bonchev–Trinajstić information content (AvgIpc) is 2.98. The lowest BCUT2D eigenvalue weighted by molar-refractivity contribution is -0.110. The molecular weight excluding hydrogens is 394 g/mol. The van der Waals surface area contributed by atoms with Gasteiger partial charge in [0.15, 0.2) is 10.8 Å². The number of carbonyl (C=O) groups excluding carboxylic acids is 2. The zero-order chi connectivity index (χ0) is 19.4. The number of nitrogens with one attached hydrogen (secondary N) is 1. The van der Waals surface area contributed by atoms with E-state index in [2.05, 4.69) is 15.4 Å². The normalized spacial score (nSPS) is 11.3. The fourth-order valence-corrected chi connectivity index (χ4v) is 3.32. The van der Waals surface area contributed by atoms with E-state index in [1.807, 2.05) is 0 Å². The second-order valence-electron chi connectivity index (χ2n) is 5.34. The summed E-state index contributed by atoms with van der Waals surface area (Å²) in [6, 6.07) is 5.10. The van der Waals surface area contributed by atoms with Crippen LogP contribution in [0.4, 0.5) is 5.69 Å². The Morgan fingerprint density at radius 2 is 2.08 bits per heavy atom. The van der Waals surface area contributed by atoms with E-state index in [1.54, 1.807) is 32.0 Å². The molecule has 0 aliphatic heterocycles. The number of thiocarbonyl (C=S) groups is 1. The number of halogens is 1. The molecule has 10 heteroatoms. The molecule has 1 heterocycles. The highest BCUT2D eigenvalue weighted by Gasteiger charge is 2.22. The Labute approximate surface area is 164 Å². The number of Topliss-reactive ketones (excluding diaryl/α,β-unsaturated/α-hetero) is 1. The molecule has 0 aliphatic rings. The summed E-state index contributed by atoms with van der Waals surface area (Å²) in [5.74, 6) is 4.39. The number of anilines is 1. The van der Waals surface area contributed by atoms with Crippen molar-refractivity contribution in [1.82, 2.24) is 4.98 Å². The smallest absolute Gasteiger partial charge is 0.272 e. The van der Waals surface area contributed by atoms with Gasteiger partial charge in [-0.25, -0.2) is 4.98 Å². The highest BCUT2D eigenvalue weighted by Crippen LogP contribution is 2.23. The number of nitrogens with zero attached hydrogens (tertiary/aromatic N) is 2. The molecule has 0 bridgehead atoms. The summed E-state index contributed by atoms with van der Waals surface area (Å²) in [4.78, 5) is 29.5. The number of hydrazone groups is 1. The van der Waals surface area contributed by atoms with Gasteiger partial charge in [0.1, 0.15) is 10.7 Å². The molecule has 0 saturated carbocycles. The third-order valence-electron chi connectivity index (χ3n) is 3.52. The van der Waals surface area contributed by atoms with Crippen molar-refractivity contribution in [2.45, 2.75) is 20.3 Å². The number of nitrogens with two attached hydrogens (primary N) is 2. The number of amides is 1. The van der Waals surface area contributed by atoms with Crippen LogP contribution in [0.1, 0.15) is 32.4 Å². The van der Waals surface area contributed by atoms with Crippen LogP contribution in [0.5, 0.6) is 0 Å². The third-order valence-corrected chi connectivity index (χ3v) is 5.49. The van der Waals surface area contributed by atoms with Gasteiger partial charge in [0.2, 0.25) is 0 Å². The third kappa shape index (κ3) is 4.43. The lowest BCUT2D eigenvalue weighted by Gasteiger charge is -2.10. The molecule has 1 amide bonds. The molecule has 0 atom stereocenters. The Morgan fingerprint density at radius 3 is 2.65 bits per heavy atom. The van der Waals surface area contributed by atoms with Gasteiger partial charge in [0.05, 0.1) is 17.0 Å². The summed E-state index contributed by atoms with van der Waals surface area (Å²) >= 11 is 12.0. The van der Waals surface area contributed by atoms with Crippen LogP contribution < -0.4 is 16.9 Å². The van der Waals surface area contributed by atoms with Crippen LogP contribution in [0, 0.1) is 13.8 Å². The fraction of sp³-hybridized carbons (Fsp3) is 0.188. The number of carbonyl (C=O) groups is 2. The molecule has 2 rings (SSSR count). The van der Waals surface area contributed by atoms with Crippen LogP contribution in [0.25, 0.3) is 0 Å². The largest absolute Gasteiger partial charge is 0.387 e. The molecule has 7 nitrogen and oxygen atoms in total. The highest BCUT2D eigenvalue weighted by molar-refractivity contribution is 7.81. The first-order chi connectivity index (χ1) is 12.2. The van der Waals surface area contributed by atoms with Crippen molar-refractivity contribution < 1.29 is 9.59 Å². The van der Waals surface area contributed by atoms with Crippen LogP contribution in [-0.4, -0.2) is 27.4 Å². The van der Waals surface area contributed by atoms with Gasteiger partial charge in [0, 0.05) is 10.7 Å². The maximum Gasteiger partial charge on any atom is 0.272 e. The number of rotatable bonds is 6. The van der Waals surface area contributed by atoms with Crippen LogP contribution in [0.2, 0.25) is 5.02 Å². The van der Waals surface area contributed by atoms with Crippen molar-refractivity contribution in [3.63, 3.8) is 0 Å². The van der Waals surface area contributed by atoms with E-state index < -0.39 is 5.91 Å². The minimum Gasteiger partial charge on any atom is -0.387 e. The molecule has 1 aromatic heterocycles. The summed E-state index contributed by atoms with van der Waals surface area (Å²) in [6.07, 6.45) is -0.276. The Hall–Kier alpha value is -2.36.